The molecule has 2 heterocycles. The number of fused-ring (bicyclic) bond motifs is 2. The van der Waals surface area contributed by atoms with Crippen LogP contribution >= 0.6 is 0 Å². The number of halogens is 3. The van der Waals surface area contributed by atoms with Gasteiger partial charge in [0.2, 0.25) is 0 Å². The lowest BCUT2D eigenvalue weighted by molar-refractivity contribution is -0.384. The lowest BCUT2D eigenvalue weighted by atomic mass is 10.1. The van der Waals surface area contributed by atoms with E-state index in [4.69, 9.17) is 0 Å². The third kappa shape index (κ3) is 3.67. The minimum absolute atomic E-state index is 0.0142. The average molecular weight is 429 g/mol. The van der Waals surface area contributed by atoms with Crippen molar-refractivity contribution in [3.8, 4) is 0 Å². The van der Waals surface area contributed by atoms with E-state index in [2.05, 4.69) is 0 Å². The first kappa shape index (κ1) is 20.3. The molecule has 4 rings (SSSR count). The standard InChI is InChI=1S/C21H14F3N3O4/c22-21(23,24)19(28)18-10-9-16-12-26(17-4-2-1-3-14(17)11-25(16)18)20(29)13-5-7-15(8-6-13)27(30)31/h1-10H,11-12H2. The van der Waals surface area contributed by atoms with Gasteiger partial charge >= 0.3 is 6.18 Å². The summed E-state index contributed by atoms with van der Waals surface area (Å²) in [7, 11) is 0. The third-order valence-electron chi connectivity index (χ3n) is 5.06. The second-order valence-electron chi connectivity index (χ2n) is 6.95. The Hall–Kier alpha value is -3.95. The Bertz CT molecular complexity index is 1200. The number of amides is 1. The Morgan fingerprint density at radius 1 is 0.935 bits per heavy atom. The number of carbonyl (C=O) groups excluding carboxylic acids is 2. The van der Waals surface area contributed by atoms with E-state index in [0.29, 0.717) is 16.9 Å². The summed E-state index contributed by atoms with van der Waals surface area (Å²) in [4.78, 5) is 36.7. The maximum atomic E-state index is 13.2. The number of carbonyl (C=O) groups is 2. The van der Waals surface area contributed by atoms with Crippen molar-refractivity contribution < 1.29 is 27.7 Å². The van der Waals surface area contributed by atoms with Crippen LogP contribution in [0.25, 0.3) is 0 Å². The Kier molecular flexibility index (Phi) is 4.84. The van der Waals surface area contributed by atoms with Gasteiger partial charge in [0.05, 0.1) is 23.7 Å². The summed E-state index contributed by atoms with van der Waals surface area (Å²) in [5.74, 6) is -2.42. The van der Waals surface area contributed by atoms with E-state index in [-0.39, 0.29) is 24.3 Å². The van der Waals surface area contributed by atoms with Crippen LogP contribution in [-0.4, -0.2) is 27.4 Å². The van der Waals surface area contributed by atoms with E-state index >= 15 is 0 Å². The minimum Gasteiger partial charge on any atom is -0.336 e. The number of nitro groups is 1. The summed E-state index contributed by atoms with van der Waals surface area (Å²) in [6, 6.07) is 14.3. The first-order valence-electron chi connectivity index (χ1n) is 9.11. The number of alkyl halides is 3. The highest BCUT2D eigenvalue weighted by molar-refractivity contribution is 6.06. The Morgan fingerprint density at radius 2 is 1.61 bits per heavy atom. The molecule has 0 spiro atoms. The van der Waals surface area contributed by atoms with Crippen LogP contribution in [-0.2, 0) is 13.1 Å². The molecule has 1 aromatic heterocycles. The van der Waals surface area contributed by atoms with Gasteiger partial charge in [0, 0.05) is 29.1 Å². The molecule has 0 N–H and O–H groups in total. The topological polar surface area (TPSA) is 85.4 Å². The summed E-state index contributed by atoms with van der Waals surface area (Å²) in [6.45, 7) is -0.0856. The van der Waals surface area contributed by atoms with E-state index in [9.17, 15) is 32.9 Å². The van der Waals surface area contributed by atoms with E-state index in [1.165, 1.54) is 39.8 Å². The van der Waals surface area contributed by atoms with Crippen molar-refractivity contribution in [1.82, 2.24) is 4.57 Å². The summed E-state index contributed by atoms with van der Waals surface area (Å²) >= 11 is 0. The van der Waals surface area contributed by atoms with Crippen molar-refractivity contribution >= 4 is 23.1 Å². The number of aromatic nitrogens is 1. The number of hydrogen-bond acceptors (Lipinski definition) is 4. The summed E-state index contributed by atoms with van der Waals surface area (Å²) < 4.78 is 40.3. The maximum Gasteiger partial charge on any atom is 0.456 e. The molecule has 0 saturated heterocycles. The molecular formula is C21H14F3N3O4. The number of nitro benzene ring substituents is 1. The van der Waals surface area contributed by atoms with Crippen LogP contribution in [0.15, 0.2) is 60.7 Å². The smallest absolute Gasteiger partial charge is 0.336 e. The zero-order valence-corrected chi connectivity index (χ0v) is 15.8. The second-order valence-corrected chi connectivity index (χ2v) is 6.95. The van der Waals surface area contributed by atoms with Gasteiger partial charge in [-0.05, 0) is 35.9 Å². The Labute approximate surface area is 173 Å². The molecule has 0 unspecified atom stereocenters. The first-order valence-corrected chi connectivity index (χ1v) is 9.11. The number of hydrogen-bond donors (Lipinski definition) is 0. The molecule has 3 aromatic rings. The van der Waals surface area contributed by atoms with E-state index in [1.54, 1.807) is 24.3 Å². The molecule has 0 saturated carbocycles. The molecule has 31 heavy (non-hydrogen) atoms. The molecule has 1 aliphatic rings. The summed E-state index contributed by atoms with van der Waals surface area (Å²) in [6.07, 6.45) is -5.02. The number of nitrogens with zero attached hydrogens (tertiary/aromatic N) is 3. The zero-order chi connectivity index (χ0) is 22.3. The SMILES string of the molecule is O=C(c1ccc([N+](=O)[O-])cc1)N1Cc2ccc(C(=O)C(F)(F)F)n2Cc2ccccc21. The molecule has 0 bridgehead atoms. The van der Waals surface area contributed by atoms with Crippen LogP contribution in [0.2, 0.25) is 0 Å². The van der Waals surface area contributed by atoms with Gasteiger partial charge in [0.25, 0.3) is 17.4 Å². The predicted octanol–water partition coefficient (Wildman–Crippen LogP) is 4.35. The van der Waals surface area contributed by atoms with Crippen molar-refractivity contribution in [3.63, 3.8) is 0 Å². The fourth-order valence-electron chi connectivity index (χ4n) is 3.57. The van der Waals surface area contributed by atoms with Crippen LogP contribution in [0, 0.1) is 10.1 Å². The third-order valence-corrected chi connectivity index (χ3v) is 5.06. The number of para-hydroxylation sites is 1. The summed E-state index contributed by atoms with van der Waals surface area (Å²) in [5, 5.41) is 10.9. The predicted molar refractivity (Wildman–Crippen MR) is 104 cm³/mol. The monoisotopic (exact) mass is 429 g/mol. The molecular weight excluding hydrogens is 415 g/mol. The molecule has 10 heteroatoms. The second kappa shape index (κ2) is 7.38. The van der Waals surface area contributed by atoms with E-state index in [0.717, 1.165) is 6.07 Å². The van der Waals surface area contributed by atoms with Crippen LogP contribution in [0.4, 0.5) is 24.5 Å². The molecule has 1 aliphatic heterocycles. The van der Waals surface area contributed by atoms with E-state index < -0.39 is 28.5 Å². The number of anilines is 1. The van der Waals surface area contributed by atoms with Crippen molar-refractivity contribution in [2.45, 2.75) is 19.3 Å². The molecule has 0 radical (unpaired) electrons. The largest absolute Gasteiger partial charge is 0.456 e. The van der Waals surface area contributed by atoms with Crippen LogP contribution < -0.4 is 4.90 Å². The molecule has 0 fully saturated rings. The lowest BCUT2D eigenvalue weighted by Gasteiger charge is -2.22. The maximum absolute atomic E-state index is 13.2. The zero-order valence-electron chi connectivity index (χ0n) is 15.8. The number of non-ortho nitro benzene ring substituents is 1. The Morgan fingerprint density at radius 3 is 2.26 bits per heavy atom. The van der Waals surface area contributed by atoms with Crippen molar-refractivity contribution in [2.24, 2.45) is 0 Å². The van der Waals surface area contributed by atoms with Crippen LogP contribution in [0.3, 0.4) is 0 Å². The quantitative estimate of drug-likeness (QED) is 0.352. The van der Waals surface area contributed by atoms with Gasteiger partial charge in [0.1, 0.15) is 0 Å². The number of rotatable bonds is 3. The molecule has 158 valence electrons. The summed E-state index contributed by atoms with van der Waals surface area (Å²) in [5.41, 5.74) is 0.925. The fraction of sp³-hybridized carbons (Fsp3) is 0.143. The van der Waals surface area contributed by atoms with Crippen molar-refractivity contribution in [1.29, 1.82) is 0 Å². The van der Waals surface area contributed by atoms with Gasteiger partial charge in [0.15, 0.2) is 0 Å². The molecule has 2 aromatic carbocycles. The normalized spacial score (nSPS) is 13.2. The first-order chi connectivity index (χ1) is 14.7. The fourth-order valence-corrected chi connectivity index (χ4v) is 3.57. The van der Waals surface area contributed by atoms with Gasteiger partial charge in [-0.3, -0.25) is 19.7 Å². The Balaban J connectivity index is 1.77. The minimum atomic E-state index is -5.02. The van der Waals surface area contributed by atoms with Gasteiger partial charge in [-0.1, -0.05) is 18.2 Å². The molecule has 0 aliphatic carbocycles. The number of Topliss-reactive ketones (excluding diaryl/α,β-unsaturated/α-hetero) is 1. The molecule has 0 atom stereocenters. The van der Waals surface area contributed by atoms with E-state index in [1.807, 2.05) is 0 Å². The molecule has 1 amide bonds. The number of ketones is 1. The van der Waals surface area contributed by atoms with Crippen molar-refractivity contribution in [2.75, 3.05) is 4.90 Å². The number of benzene rings is 2. The molecule has 7 nitrogen and oxygen atoms in total. The lowest BCUT2D eigenvalue weighted by Crippen LogP contribution is -2.30. The highest BCUT2D eigenvalue weighted by atomic mass is 19.4. The average Bonchev–Trinajstić information content (AvgIpc) is 3.04. The van der Waals surface area contributed by atoms with Gasteiger partial charge in [-0.15, -0.1) is 0 Å². The van der Waals surface area contributed by atoms with Gasteiger partial charge in [-0.25, -0.2) is 0 Å². The van der Waals surface area contributed by atoms with Gasteiger partial charge < -0.3 is 9.47 Å². The highest BCUT2D eigenvalue weighted by Gasteiger charge is 2.41. The van der Waals surface area contributed by atoms with Gasteiger partial charge in [-0.2, -0.15) is 13.2 Å². The van der Waals surface area contributed by atoms with Crippen LogP contribution in [0.5, 0.6) is 0 Å². The van der Waals surface area contributed by atoms with Crippen molar-refractivity contribution in [3.05, 3.63) is 93.3 Å². The van der Waals surface area contributed by atoms with Crippen LogP contribution in [0.1, 0.15) is 32.1 Å². The highest BCUT2D eigenvalue weighted by Crippen LogP contribution is 2.32.